The summed E-state index contributed by atoms with van der Waals surface area (Å²) in [7, 11) is 0. The first-order valence-corrected chi connectivity index (χ1v) is 11.2. The molecule has 1 aliphatic rings. The second kappa shape index (κ2) is 8.99. The predicted octanol–water partition coefficient (Wildman–Crippen LogP) is 6.47. The van der Waals surface area contributed by atoms with E-state index in [0.717, 1.165) is 28.8 Å². The number of rotatable bonds is 4. The van der Waals surface area contributed by atoms with Gasteiger partial charge in [-0.25, -0.2) is 18.0 Å². The quantitative estimate of drug-likeness (QED) is 0.356. The lowest BCUT2D eigenvalue weighted by Gasteiger charge is -2.35. The van der Waals surface area contributed by atoms with Gasteiger partial charge in [-0.15, -0.1) is 0 Å². The van der Waals surface area contributed by atoms with E-state index in [9.17, 15) is 18.0 Å². The Morgan fingerprint density at radius 3 is 2.33 bits per heavy atom. The smallest absolute Gasteiger partial charge is 0.327 e. The average molecular weight is 490 g/mol. The fourth-order valence-corrected chi connectivity index (χ4v) is 4.20. The first-order chi connectivity index (χ1) is 17.2. The number of nitrogens with one attached hydrogen (secondary N) is 1. The van der Waals surface area contributed by atoms with Gasteiger partial charge >= 0.3 is 6.03 Å². The van der Waals surface area contributed by atoms with Crippen LogP contribution in [0.25, 0.3) is 17.0 Å². The summed E-state index contributed by atoms with van der Waals surface area (Å²) in [6, 6.07) is 13.5. The molecule has 5 rings (SSSR count). The number of carbonyl (C=O) groups excluding carboxylic acids is 1. The average Bonchev–Trinajstić information content (AvgIpc) is 3.33. The summed E-state index contributed by atoms with van der Waals surface area (Å²) in [5.41, 5.74) is 4.48. The fourth-order valence-electron chi connectivity index (χ4n) is 4.20. The zero-order valence-corrected chi connectivity index (χ0v) is 19.6. The Morgan fingerprint density at radius 2 is 1.64 bits per heavy atom. The van der Waals surface area contributed by atoms with Gasteiger partial charge < -0.3 is 9.84 Å². The van der Waals surface area contributed by atoms with E-state index in [1.54, 1.807) is 6.92 Å². The van der Waals surface area contributed by atoms with Gasteiger partial charge in [0.1, 0.15) is 5.82 Å². The lowest BCUT2D eigenvalue weighted by atomic mass is 9.92. The number of benzene rings is 3. The van der Waals surface area contributed by atoms with Crippen molar-refractivity contribution in [3.8, 4) is 11.4 Å². The van der Waals surface area contributed by atoms with Crippen molar-refractivity contribution in [2.45, 2.75) is 26.8 Å². The maximum Gasteiger partial charge on any atom is 0.327 e. The Labute approximate surface area is 205 Å². The van der Waals surface area contributed by atoms with Gasteiger partial charge in [-0.2, -0.15) is 4.98 Å². The Kier molecular flexibility index (Phi) is 5.83. The summed E-state index contributed by atoms with van der Waals surface area (Å²) in [5, 5.41) is 6.98. The van der Waals surface area contributed by atoms with Crippen molar-refractivity contribution in [1.82, 2.24) is 15.5 Å². The molecule has 0 aliphatic carbocycles. The number of aryl methyl sites for hydroxylation is 2. The Morgan fingerprint density at radius 1 is 0.889 bits per heavy atom. The molecule has 1 atom stereocenters. The second-order valence-corrected chi connectivity index (χ2v) is 8.59. The van der Waals surface area contributed by atoms with Gasteiger partial charge in [0.15, 0.2) is 11.6 Å². The van der Waals surface area contributed by atoms with Gasteiger partial charge in [0.25, 0.3) is 5.89 Å². The van der Waals surface area contributed by atoms with E-state index in [1.165, 1.54) is 35.2 Å². The molecular formula is C27H21F3N4O2. The molecule has 2 amide bonds. The number of amides is 2. The van der Waals surface area contributed by atoms with E-state index in [-0.39, 0.29) is 17.4 Å². The summed E-state index contributed by atoms with van der Waals surface area (Å²) in [5.74, 6) is -2.13. The van der Waals surface area contributed by atoms with E-state index < -0.39 is 29.5 Å². The van der Waals surface area contributed by atoms with Crippen molar-refractivity contribution in [1.29, 1.82) is 0 Å². The van der Waals surface area contributed by atoms with Gasteiger partial charge in [-0.05, 0) is 73.9 Å². The Hall–Kier alpha value is -4.40. The second-order valence-electron chi connectivity index (χ2n) is 8.59. The van der Waals surface area contributed by atoms with Gasteiger partial charge in [-0.3, -0.25) is 4.90 Å². The molecule has 6 nitrogen and oxygen atoms in total. The SMILES string of the molecule is CC1=C(c2nc(-c3ccc(F)cc3)no2)C(c2ccc(C)c(C)c2)NC(=O)N1c1ccc(F)c(F)c1. The van der Waals surface area contributed by atoms with Gasteiger partial charge in [0, 0.05) is 17.3 Å². The van der Waals surface area contributed by atoms with Crippen LogP contribution in [0.3, 0.4) is 0 Å². The Balaban J connectivity index is 1.67. The zero-order valence-electron chi connectivity index (χ0n) is 19.6. The zero-order chi connectivity index (χ0) is 25.6. The third-order valence-corrected chi connectivity index (χ3v) is 6.27. The number of hydrogen-bond donors (Lipinski definition) is 1. The molecule has 2 heterocycles. The summed E-state index contributed by atoms with van der Waals surface area (Å²) in [4.78, 5) is 19.0. The molecule has 1 N–H and O–H groups in total. The molecule has 0 saturated heterocycles. The number of hydrogen-bond acceptors (Lipinski definition) is 4. The third kappa shape index (κ3) is 4.13. The number of urea groups is 1. The summed E-state index contributed by atoms with van der Waals surface area (Å²) < 4.78 is 46.6. The van der Waals surface area contributed by atoms with E-state index >= 15 is 0 Å². The molecule has 9 heteroatoms. The first kappa shape index (κ1) is 23.3. The molecule has 0 saturated carbocycles. The minimum atomic E-state index is -1.08. The molecule has 0 fully saturated rings. The summed E-state index contributed by atoms with van der Waals surface area (Å²) >= 11 is 0. The minimum Gasteiger partial charge on any atom is -0.334 e. The maximum absolute atomic E-state index is 14.0. The van der Waals surface area contributed by atoms with Crippen LogP contribution in [-0.2, 0) is 0 Å². The van der Waals surface area contributed by atoms with Crippen molar-refractivity contribution in [2.24, 2.45) is 0 Å². The number of aromatic nitrogens is 2. The molecule has 0 spiro atoms. The molecular weight excluding hydrogens is 469 g/mol. The van der Waals surface area contributed by atoms with Crippen LogP contribution in [0.1, 0.15) is 35.5 Å². The van der Waals surface area contributed by atoms with Crippen LogP contribution in [-0.4, -0.2) is 16.2 Å². The highest BCUT2D eigenvalue weighted by molar-refractivity contribution is 6.01. The van der Waals surface area contributed by atoms with Crippen LogP contribution in [0.5, 0.6) is 0 Å². The van der Waals surface area contributed by atoms with Crippen LogP contribution in [0.2, 0.25) is 0 Å². The lowest BCUT2D eigenvalue weighted by Crippen LogP contribution is -2.46. The van der Waals surface area contributed by atoms with E-state index in [4.69, 9.17) is 4.52 Å². The van der Waals surface area contributed by atoms with E-state index in [1.807, 2.05) is 32.0 Å². The molecule has 0 bridgehead atoms. The fraction of sp³-hybridized carbons (Fsp3) is 0.148. The van der Waals surface area contributed by atoms with Crippen LogP contribution in [0, 0.1) is 31.3 Å². The number of halogens is 3. The molecule has 1 aromatic heterocycles. The first-order valence-electron chi connectivity index (χ1n) is 11.2. The Bertz CT molecular complexity index is 1510. The number of nitrogens with zero attached hydrogens (tertiary/aromatic N) is 3. The third-order valence-electron chi connectivity index (χ3n) is 6.27. The van der Waals surface area contributed by atoms with Crippen molar-refractivity contribution >= 4 is 17.3 Å². The topological polar surface area (TPSA) is 71.3 Å². The van der Waals surface area contributed by atoms with Gasteiger partial charge in [-0.1, -0.05) is 23.4 Å². The van der Waals surface area contributed by atoms with Crippen molar-refractivity contribution in [3.05, 3.63) is 106 Å². The van der Waals surface area contributed by atoms with Crippen LogP contribution < -0.4 is 10.2 Å². The van der Waals surface area contributed by atoms with Crippen LogP contribution >= 0.6 is 0 Å². The highest BCUT2D eigenvalue weighted by Gasteiger charge is 2.37. The molecule has 4 aromatic rings. The van der Waals surface area contributed by atoms with E-state index in [2.05, 4.69) is 15.5 Å². The monoisotopic (exact) mass is 490 g/mol. The number of carbonyl (C=O) groups is 1. The number of anilines is 1. The molecule has 182 valence electrons. The minimum absolute atomic E-state index is 0.127. The highest BCUT2D eigenvalue weighted by atomic mass is 19.2. The van der Waals surface area contributed by atoms with Gasteiger partial charge in [0.2, 0.25) is 5.82 Å². The van der Waals surface area contributed by atoms with Crippen LogP contribution in [0.4, 0.5) is 23.7 Å². The maximum atomic E-state index is 14.0. The predicted molar refractivity (Wildman–Crippen MR) is 128 cm³/mol. The molecule has 36 heavy (non-hydrogen) atoms. The molecule has 1 unspecified atom stereocenters. The van der Waals surface area contributed by atoms with Gasteiger partial charge in [0.05, 0.1) is 17.3 Å². The summed E-state index contributed by atoms with van der Waals surface area (Å²) in [6.45, 7) is 5.62. The molecule has 3 aromatic carbocycles. The summed E-state index contributed by atoms with van der Waals surface area (Å²) in [6.07, 6.45) is 0. The lowest BCUT2D eigenvalue weighted by molar-refractivity contribution is 0.244. The standard InChI is InChI=1S/C27H21F3N4O2/c1-14-4-5-18(12-15(14)2)24-23(26-32-25(33-36-26)17-6-8-19(28)9-7-17)16(3)34(27(35)31-24)20-10-11-21(29)22(30)13-20/h4-13,24H,1-3H3,(H,31,35). The van der Waals surface area contributed by atoms with Crippen molar-refractivity contribution in [2.75, 3.05) is 4.90 Å². The highest BCUT2D eigenvalue weighted by Crippen LogP contribution is 2.39. The molecule has 0 radical (unpaired) electrons. The van der Waals surface area contributed by atoms with E-state index in [0.29, 0.717) is 16.8 Å². The number of allylic oxidation sites excluding steroid dienone is 1. The largest absolute Gasteiger partial charge is 0.334 e. The molecule has 1 aliphatic heterocycles. The normalized spacial score (nSPS) is 15.9. The van der Waals surface area contributed by atoms with Crippen molar-refractivity contribution < 1.29 is 22.5 Å². The van der Waals surface area contributed by atoms with Crippen molar-refractivity contribution in [3.63, 3.8) is 0 Å². The van der Waals surface area contributed by atoms with Crippen LogP contribution in [0.15, 0.2) is 70.9 Å².